The second kappa shape index (κ2) is 4.22. The minimum Gasteiger partial charge on any atom is -0.399 e. The van der Waals surface area contributed by atoms with E-state index in [4.69, 9.17) is 11.5 Å². The minimum atomic E-state index is -0.277. The van der Waals surface area contributed by atoms with Crippen molar-refractivity contribution in [1.29, 1.82) is 0 Å². The topological polar surface area (TPSA) is 64.4 Å². The summed E-state index contributed by atoms with van der Waals surface area (Å²) in [6.45, 7) is 4.03. The second-order valence-corrected chi connectivity index (χ2v) is 6.28. The molecule has 1 unspecified atom stereocenters. The van der Waals surface area contributed by atoms with E-state index in [9.17, 15) is 4.39 Å². The Hall–Kier alpha value is -1.23. The van der Waals surface area contributed by atoms with Crippen molar-refractivity contribution in [1.82, 2.24) is 0 Å². The summed E-state index contributed by atoms with van der Waals surface area (Å²) in [5, 5.41) is 0. The molecule has 0 saturated carbocycles. The predicted octanol–water partition coefficient (Wildman–Crippen LogP) is 2.33. The minimum absolute atomic E-state index is 0.173. The predicted molar refractivity (Wildman–Crippen MR) is 71.7 cm³/mol. The third-order valence-corrected chi connectivity index (χ3v) is 4.31. The van der Waals surface area contributed by atoms with Crippen LogP contribution in [0, 0.1) is 5.82 Å². The van der Waals surface area contributed by atoms with Gasteiger partial charge in [-0.1, -0.05) is 0 Å². The zero-order valence-corrected chi connectivity index (χ0v) is 10.7. The highest BCUT2D eigenvalue weighted by Crippen LogP contribution is 2.37. The molecule has 92 valence electrons. The molecule has 1 aliphatic heterocycles. The maximum absolute atomic E-state index is 13.7. The van der Waals surface area contributed by atoms with Crippen LogP contribution in [0.3, 0.4) is 0 Å². The molecule has 4 N–H and O–H groups in total. The van der Waals surface area contributed by atoms with Crippen LogP contribution in [0.2, 0.25) is 0 Å². The Labute approximate surface area is 104 Å². The van der Waals surface area contributed by atoms with Crippen LogP contribution in [0.1, 0.15) is 25.5 Å². The van der Waals surface area contributed by atoms with Crippen molar-refractivity contribution in [2.75, 3.05) is 11.5 Å². The number of thioether (sulfide) groups is 1. The summed E-state index contributed by atoms with van der Waals surface area (Å²) < 4.78 is 13.5. The Bertz CT molecular complexity index is 471. The van der Waals surface area contributed by atoms with Gasteiger partial charge in [-0.05, 0) is 32.0 Å². The van der Waals surface area contributed by atoms with Crippen molar-refractivity contribution in [3.05, 3.63) is 29.6 Å². The lowest BCUT2D eigenvalue weighted by Gasteiger charge is -2.31. The molecule has 1 aliphatic rings. The third kappa shape index (κ3) is 2.39. The van der Waals surface area contributed by atoms with E-state index >= 15 is 0 Å². The van der Waals surface area contributed by atoms with Gasteiger partial charge in [0.25, 0.3) is 0 Å². The van der Waals surface area contributed by atoms with Gasteiger partial charge in [0, 0.05) is 17.0 Å². The van der Waals surface area contributed by atoms with Crippen LogP contribution in [0.4, 0.5) is 10.1 Å². The van der Waals surface area contributed by atoms with E-state index in [1.165, 1.54) is 6.07 Å². The molecule has 5 heteroatoms. The molecule has 0 amide bonds. The number of nitrogens with zero attached hydrogens (tertiary/aromatic N) is 1. The molecule has 0 fully saturated rings. The zero-order valence-electron chi connectivity index (χ0n) is 9.90. The summed E-state index contributed by atoms with van der Waals surface area (Å²) in [5.41, 5.74) is 12.6. The molecule has 0 saturated heterocycles. The number of nitrogens with two attached hydrogens (primary N) is 2. The average Bonchev–Trinajstić information content (AvgIpc) is 2.26. The van der Waals surface area contributed by atoms with Crippen LogP contribution in [0.25, 0.3) is 0 Å². The summed E-state index contributed by atoms with van der Waals surface area (Å²) in [6.07, 6.45) is 0. The molecule has 2 rings (SSSR count). The Morgan fingerprint density at radius 3 is 2.76 bits per heavy atom. The second-order valence-electron chi connectivity index (χ2n) is 4.63. The van der Waals surface area contributed by atoms with Crippen LogP contribution < -0.4 is 11.5 Å². The van der Waals surface area contributed by atoms with Crippen molar-refractivity contribution in [3.8, 4) is 0 Å². The van der Waals surface area contributed by atoms with Gasteiger partial charge < -0.3 is 11.5 Å². The van der Waals surface area contributed by atoms with E-state index in [1.807, 2.05) is 13.8 Å². The summed E-state index contributed by atoms with van der Waals surface area (Å²) in [4.78, 5) is 4.39. The fraction of sp³-hybridized carbons (Fsp3) is 0.417. The third-order valence-electron chi connectivity index (χ3n) is 2.89. The summed E-state index contributed by atoms with van der Waals surface area (Å²) in [5.74, 6) is 0.996. The standard InChI is InChI=1S/C12H16FN3S/c1-12(2)11(15)16-10(6-17-12)8-5-7(14)3-4-9(8)13/h3-5,10H,6,14H2,1-2H3,(H2,15,16). The van der Waals surface area contributed by atoms with Crippen LogP contribution in [-0.2, 0) is 0 Å². The first-order chi connectivity index (χ1) is 7.90. The Morgan fingerprint density at radius 2 is 2.12 bits per heavy atom. The highest BCUT2D eigenvalue weighted by atomic mass is 32.2. The molecule has 0 aliphatic carbocycles. The van der Waals surface area contributed by atoms with E-state index in [0.717, 1.165) is 0 Å². The summed E-state index contributed by atoms with van der Waals surface area (Å²) in [6, 6.07) is 4.32. The van der Waals surface area contributed by atoms with Gasteiger partial charge in [0.05, 0.1) is 10.8 Å². The normalized spacial score (nSPS) is 23.2. The fourth-order valence-corrected chi connectivity index (χ4v) is 2.73. The van der Waals surface area contributed by atoms with Crippen LogP contribution in [0.15, 0.2) is 23.2 Å². The van der Waals surface area contributed by atoms with Crippen LogP contribution in [0.5, 0.6) is 0 Å². The molecule has 0 spiro atoms. The van der Waals surface area contributed by atoms with E-state index < -0.39 is 0 Å². The van der Waals surface area contributed by atoms with Crippen molar-refractivity contribution in [3.63, 3.8) is 0 Å². The molecule has 1 heterocycles. The molecule has 0 radical (unpaired) electrons. The molecule has 0 bridgehead atoms. The molecular weight excluding hydrogens is 237 g/mol. The number of rotatable bonds is 1. The van der Waals surface area contributed by atoms with Crippen molar-refractivity contribution in [2.45, 2.75) is 24.6 Å². The van der Waals surface area contributed by atoms with Gasteiger partial charge in [-0.3, -0.25) is 4.99 Å². The van der Waals surface area contributed by atoms with Crippen LogP contribution in [-0.4, -0.2) is 16.3 Å². The largest absolute Gasteiger partial charge is 0.399 e. The Balaban J connectivity index is 2.37. The maximum atomic E-state index is 13.7. The molecular formula is C12H16FN3S. The number of amidine groups is 1. The van der Waals surface area contributed by atoms with E-state index in [2.05, 4.69) is 4.99 Å². The first-order valence-corrected chi connectivity index (χ1v) is 6.41. The zero-order chi connectivity index (χ0) is 12.6. The number of hydrogen-bond acceptors (Lipinski definition) is 4. The molecule has 1 aromatic carbocycles. The van der Waals surface area contributed by atoms with E-state index in [1.54, 1.807) is 23.9 Å². The lowest BCUT2D eigenvalue weighted by Crippen LogP contribution is -2.39. The first kappa shape index (κ1) is 12.2. The SMILES string of the molecule is CC1(C)SCC(c2cc(N)ccc2F)N=C1N. The van der Waals surface area contributed by atoms with Gasteiger partial charge in [0.15, 0.2) is 0 Å². The van der Waals surface area contributed by atoms with Crippen LogP contribution >= 0.6 is 11.8 Å². The monoisotopic (exact) mass is 253 g/mol. The number of hydrogen-bond donors (Lipinski definition) is 2. The van der Waals surface area contributed by atoms with Gasteiger partial charge >= 0.3 is 0 Å². The molecule has 1 atom stereocenters. The number of nitrogen functional groups attached to an aromatic ring is 1. The van der Waals surface area contributed by atoms with Gasteiger partial charge in [0.1, 0.15) is 11.7 Å². The van der Waals surface area contributed by atoms with E-state index in [-0.39, 0.29) is 16.6 Å². The first-order valence-electron chi connectivity index (χ1n) is 5.43. The van der Waals surface area contributed by atoms with Gasteiger partial charge in [-0.15, -0.1) is 11.8 Å². The highest BCUT2D eigenvalue weighted by molar-refractivity contribution is 8.01. The fourth-order valence-electron chi connectivity index (χ4n) is 1.70. The lowest BCUT2D eigenvalue weighted by molar-refractivity contribution is 0.593. The Morgan fingerprint density at radius 1 is 1.41 bits per heavy atom. The maximum Gasteiger partial charge on any atom is 0.128 e. The van der Waals surface area contributed by atoms with Crippen molar-refractivity contribution < 1.29 is 4.39 Å². The quantitative estimate of drug-likeness (QED) is 0.755. The summed E-state index contributed by atoms with van der Waals surface area (Å²) in [7, 11) is 0. The lowest BCUT2D eigenvalue weighted by atomic mass is 10.1. The average molecular weight is 253 g/mol. The number of benzene rings is 1. The highest BCUT2D eigenvalue weighted by Gasteiger charge is 2.31. The Kier molecular flexibility index (Phi) is 3.03. The van der Waals surface area contributed by atoms with Gasteiger partial charge in [-0.25, -0.2) is 4.39 Å². The molecule has 0 aromatic heterocycles. The number of anilines is 1. The van der Waals surface area contributed by atoms with Crippen molar-refractivity contribution >= 4 is 23.3 Å². The number of aliphatic imine (C=N–C) groups is 1. The van der Waals surface area contributed by atoms with E-state index in [0.29, 0.717) is 22.8 Å². The molecule has 3 nitrogen and oxygen atoms in total. The summed E-state index contributed by atoms with van der Waals surface area (Å²) >= 11 is 1.68. The smallest absolute Gasteiger partial charge is 0.128 e. The van der Waals surface area contributed by atoms with Gasteiger partial charge in [-0.2, -0.15) is 0 Å². The van der Waals surface area contributed by atoms with Crippen molar-refractivity contribution in [2.24, 2.45) is 10.7 Å². The molecule has 17 heavy (non-hydrogen) atoms. The van der Waals surface area contributed by atoms with Gasteiger partial charge in [0.2, 0.25) is 0 Å². The number of halogens is 1. The molecule has 1 aromatic rings.